The monoisotopic (exact) mass is 270 g/mol. The maximum Gasteiger partial charge on any atom is 0.261 e. The highest BCUT2D eigenvalue weighted by Gasteiger charge is 2.08. The zero-order valence-electron chi connectivity index (χ0n) is 7.29. The van der Waals surface area contributed by atoms with Crippen LogP contribution in [0.1, 0.15) is 5.56 Å². The molecule has 1 rings (SSSR count). The molecule has 0 saturated heterocycles. The molecule has 0 unspecified atom stereocenters. The van der Waals surface area contributed by atoms with Crippen LogP contribution in [0.3, 0.4) is 0 Å². The summed E-state index contributed by atoms with van der Waals surface area (Å²) in [6.07, 6.45) is 0. The predicted molar refractivity (Wildman–Crippen MR) is 54.6 cm³/mol. The number of hydrogen-bond donors (Lipinski definition) is 1. The van der Waals surface area contributed by atoms with Gasteiger partial charge in [0.2, 0.25) is 0 Å². The third kappa shape index (κ3) is 4.17. The Hall–Kier alpha value is -0.630. The molecule has 84 valence electrons. The molecule has 0 aliphatic rings. The first-order valence-corrected chi connectivity index (χ1v) is 7.11. The van der Waals surface area contributed by atoms with E-state index in [0.717, 1.165) is 0 Å². The molecule has 0 N–H and O–H groups in total. The lowest BCUT2D eigenvalue weighted by Gasteiger charge is -1.99. The van der Waals surface area contributed by atoms with Crippen molar-refractivity contribution in [3.8, 4) is 0 Å². The smallest absolute Gasteiger partial charge is 0.261 e. The molecule has 0 radical (unpaired) electrons. The molecule has 15 heavy (non-hydrogen) atoms. The minimum absolute atomic E-state index is 0.0422. The molecule has 0 aromatic heterocycles. The second-order valence-electron chi connectivity index (χ2n) is 2.58. The highest BCUT2D eigenvalue weighted by Crippen LogP contribution is 2.15. The number of thiol groups is 1. The molecule has 0 atom stereocenters. The van der Waals surface area contributed by atoms with E-state index < -0.39 is 20.0 Å². The van der Waals surface area contributed by atoms with E-state index in [-0.39, 0.29) is 11.5 Å². The standard InChI is InChI=1S/C7H7ClO5S2/c8-15(11,12)7-3-1-6(2-4-7)5-13-14(9)10/h1-4,14H,5H2. The van der Waals surface area contributed by atoms with Gasteiger partial charge in [-0.05, 0) is 17.7 Å². The van der Waals surface area contributed by atoms with Crippen LogP contribution in [0.5, 0.6) is 0 Å². The van der Waals surface area contributed by atoms with Crippen LogP contribution >= 0.6 is 10.7 Å². The van der Waals surface area contributed by atoms with Crippen molar-refractivity contribution in [1.29, 1.82) is 0 Å². The van der Waals surface area contributed by atoms with Crippen LogP contribution in [0.4, 0.5) is 0 Å². The van der Waals surface area contributed by atoms with Gasteiger partial charge in [-0.2, -0.15) is 0 Å². The topological polar surface area (TPSA) is 77.5 Å². The Morgan fingerprint density at radius 2 is 1.73 bits per heavy atom. The predicted octanol–water partition coefficient (Wildman–Crippen LogP) is 0.657. The maximum atomic E-state index is 10.8. The first-order chi connectivity index (χ1) is 6.89. The van der Waals surface area contributed by atoms with E-state index in [0.29, 0.717) is 5.56 Å². The summed E-state index contributed by atoms with van der Waals surface area (Å²) < 4.78 is 46.2. The molecular weight excluding hydrogens is 264 g/mol. The summed E-state index contributed by atoms with van der Waals surface area (Å²) in [6.45, 7) is -0.124. The Morgan fingerprint density at radius 1 is 1.20 bits per heavy atom. The fourth-order valence-corrected chi connectivity index (χ4v) is 1.90. The third-order valence-corrected chi connectivity index (χ3v) is 3.25. The lowest BCUT2D eigenvalue weighted by molar-refractivity contribution is 0.323. The van der Waals surface area contributed by atoms with Gasteiger partial charge in [0, 0.05) is 10.7 Å². The molecular formula is C7H7ClO5S2. The highest BCUT2D eigenvalue weighted by molar-refractivity contribution is 8.13. The Morgan fingerprint density at radius 3 is 2.13 bits per heavy atom. The van der Waals surface area contributed by atoms with Gasteiger partial charge >= 0.3 is 0 Å². The largest absolute Gasteiger partial charge is 0.267 e. The molecule has 1 aromatic rings. The van der Waals surface area contributed by atoms with E-state index in [1.807, 2.05) is 0 Å². The Bertz CT molecular complexity index is 495. The second-order valence-corrected chi connectivity index (χ2v) is 5.85. The van der Waals surface area contributed by atoms with Gasteiger partial charge < -0.3 is 0 Å². The van der Waals surface area contributed by atoms with Gasteiger partial charge in [-0.15, -0.1) is 0 Å². The maximum absolute atomic E-state index is 10.8. The van der Waals surface area contributed by atoms with Crippen LogP contribution in [0.15, 0.2) is 29.2 Å². The minimum atomic E-state index is -3.74. The number of benzene rings is 1. The van der Waals surface area contributed by atoms with Gasteiger partial charge in [0.25, 0.3) is 20.0 Å². The molecule has 0 aliphatic heterocycles. The van der Waals surface area contributed by atoms with E-state index in [9.17, 15) is 16.8 Å². The van der Waals surface area contributed by atoms with Gasteiger partial charge in [0.05, 0.1) is 11.5 Å². The SMILES string of the molecule is O=[SH](=O)OCc1ccc(S(=O)(=O)Cl)cc1. The number of hydrogen-bond acceptors (Lipinski definition) is 5. The molecule has 0 spiro atoms. The molecule has 0 saturated carbocycles. The third-order valence-electron chi connectivity index (χ3n) is 1.54. The van der Waals surface area contributed by atoms with Crippen molar-refractivity contribution in [2.45, 2.75) is 11.5 Å². The van der Waals surface area contributed by atoms with E-state index in [1.165, 1.54) is 24.3 Å². The van der Waals surface area contributed by atoms with Crippen molar-refractivity contribution < 1.29 is 21.0 Å². The molecule has 0 bridgehead atoms. The lowest BCUT2D eigenvalue weighted by Crippen LogP contribution is -1.93. The van der Waals surface area contributed by atoms with Crippen molar-refractivity contribution in [1.82, 2.24) is 0 Å². The summed E-state index contributed by atoms with van der Waals surface area (Å²) in [5, 5.41) is 0. The van der Waals surface area contributed by atoms with Crippen LogP contribution in [0.2, 0.25) is 0 Å². The lowest BCUT2D eigenvalue weighted by atomic mass is 10.2. The second kappa shape index (κ2) is 4.93. The van der Waals surface area contributed by atoms with Crippen molar-refractivity contribution in [2.24, 2.45) is 0 Å². The van der Waals surface area contributed by atoms with Crippen molar-refractivity contribution in [2.75, 3.05) is 0 Å². The summed E-state index contributed by atoms with van der Waals surface area (Å²) >= 11 is 0. The van der Waals surface area contributed by atoms with Gasteiger partial charge in [-0.25, -0.2) is 16.8 Å². The highest BCUT2D eigenvalue weighted by atomic mass is 35.7. The quantitative estimate of drug-likeness (QED) is 0.642. The first kappa shape index (κ1) is 12.4. The summed E-state index contributed by atoms with van der Waals surface area (Å²) in [5.41, 5.74) is 0.540. The summed E-state index contributed by atoms with van der Waals surface area (Å²) in [7, 11) is -1.55. The molecule has 0 amide bonds. The molecule has 0 heterocycles. The summed E-state index contributed by atoms with van der Waals surface area (Å²) in [6, 6.07) is 5.40. The summed E-state index contributed by atoms with van der Waals surface area (Å²) in [5.74, 6) is 0. The van der Waals surface area contributed by atoms with E-state index in [2.05, 4.69) is 4.18 Å². The number of rotatable bonds is 4. The first-order valence-electron chi connectivity index (χ1n) is 3.70. The van der Waals surface area contributed by atoms with Crippen molar-refractivity contribution >= 4 is 30.7 Å². The normalized spacial score (nSPS) is 11.9. The van der Waals surface area contributed by atoms with Crippen molar-refractivity contribution in [3.63, 3.8) is 0 Å². The molecule has 0 fully saturated rings. The molecule has 1 aromatic carbocycles. The fourth-order valence-electron chi connectivity index (χ4n) is 0.875. The fraction of sp³-hybridized carbons (Fsp3) is 0.143. The van der Waals surface area contributed by atoms with E-state index in [4.69, 9.17) is 10.7 Å². The molecule has 8 heteroatoms. The Balaban J connectivity index is 2.82. The minimum Gasteiger partial charge on any atom is -0.267 e. The van der Waals surface area contributed by atoms with E-state index >= 15 is 0 Å². The zero-order valence-corrected chi connectivity index (χ0v) is 9.76. The average molecular weight is 271 g/mol. The van der Waals surface area contributed by atoms with Crippen LogP contribution in [0, 0.1) is 0 Å². The molecule has 5 nitrogen and oxygen atoms in total. The molecule has 0 aliphatic carbocycles. The van der Waals surface area contributed by atoms with E-state index in [1.54, 1.807) is 0 Å². The van der Waals surface area contributed by atoms with Gasteiger partial charge in [-0.3, -0.25) is 4.18 Å². The van der Waals surface area contributed by atoms with Crippen LogP contribution in [0.25, 0.3) is 0 Å². The van der Waals surface area contributed by atoms with Crippen LogP contribution in [-0.4, -0.2) is 16.8 Å². The zero-order chi connectivity index (χ0) is 11.5. The van der Waals surface area contributed by atoms with Crippen LogP contribution < -0.4 is 0 Å². The number of halogens is 1. The van der Waals surface area contributed by atoms with Gasteiger partial charge in [-0.1, -0.05) is 12.1 Å². The van der Waals surface area contributed by atoms with Gasteiger partial charge in [0.15, 0.2) is 0 Å². The average Bonchev–Trinajstić information content (AvgIpc) is 2.14. The van der Waals surface area contributed by atoms with Crippen molar-refractivity contribution in [3.05, 3.63) is 29.8 Å². The van der Waals surface area contributed by atoms with Gasteiger partial charge in [0.1, 0.15) is 0 Å². The Kier molecular flexibility index (Phi) is 4.09. The summed E-state index contributed by atoms with van der Waals surface area (Å²) in [4.78, 5) is -0.0422. The van der Waals surface area contributed by atoms with Crippen LogP contribution in [-0.2, 0) is 30.8 Å². The Labute approximate surface area is 93.2 Å².